The molecule has 2 heterocycles. The van der Waals surface area contributed by atoms with E-state index in [0.29, 0.717) is 18.0 Å². The van der Waals surface area contributed by atoms with Gasteiger partial charge in [0, 0.05) is 39.0 Å². The largest absolute Gasteiger partial charge is 0.378 e. The van der Waals surface area contributed by atoms with E-state index in [1.807, 2.05) is 12.1 Å². The molecule has 0 bridgehead atoms. The molecule has 2 aromatic rings. The number of aromatic nitrogens is 3. The Morgan fingerprint density at radius 2 is 1.78 bits per heavy atom. The topological polar surface area (TPSA) is 70.2 Å². The van der Waals surface area contributed by atoms with Crippen LogP contribution in [0.25, 0.3) is 5.69 Å². The van der Waals surface area contributed by atoms with Gasteiger partial charge in [-0.1, -0.05) is 5.21 Å². The molecule has 0 radical (unpaired) electrons. The van der Waals surface area contributed by atoms with Crippen LogP contribution in [0.5, 0.6) is 0 Å². The zero-order chi connectivity index (χ0) is 16.2. The number of ether oxygens (including phenoxy) is 1. The third kappa shape index (κ3) is 3.18. The lowest BCUT2D eigenvalue weighted by molar-refractivity contribution is 0.179. The van der Waals surface area contributed by atoms with Crippen molar-refractivity contribution in [3.05, 3.63) is 35.7 Å². The van der Waals surface area contributed by atoms with E-state index >= 15 is 0 Å². The molecule has 0 aliphatic carbocycles. The molecule has 1 aromatic heterocycles. The Morgan fingerprint density at radius 3 is 2.39 bits per heavy atom. The summed E-state index contributed by atoms with van der Waals surface area (Å²) in [7, 11) is 3.74. The second-order valence-corrected chi connectivity index (χ2v) is 5.65. The smallest absolute Gasteiger partial charge is 0.188 e. The number of hydrogen-bond acceptors (Lipinski definition) is 6. The molecule has 23 heavy (non-hydrogen) atoms. The second-order valence-electron chi connectivity index (χ2n) is 5.65. The molecule has 1 aromatic carbocycles. The van der Waals surface area contributed by atoms with E-state index in [4.69, 9.17) is 10.00 Å². The highest BCUT2D eigenvalue weighted by Crippen LogP contribution is 2.20. The van der Waals surface area contributed by atoms with E-state index in [-0.39, 0.29) is 0 Å². The maximum atomic E-state index is 9.11. The highest BCUT2D eigenvalue weighted by molar-refractivity contribution is 5.51. The highest BCUT2D eigenvalue weighted by atomic mass is 16.5. The van der Waals surface area contributed by atoms with Crippen molar-refractivity contribution in [1.82, 2.24) is 19.9 Å². The SMILES string of the molecule is COCc1c(C#N)nnn1-c1ccc(N2CCN(C)CC2)cc1. The molecule has 120 valence electrons. The molecule has 7 nitrogen and oxygen atoms in total. The van der Waals surface area contributed by atoms with Crippen LogP contribution in [0, 0.1) is 11.3 Å². The Morgan fingerprint density at radius 1 is 1.13 bits per heavy atom. The average Bonchev–Trinajstić information content (AvgIpc) is 2.99. The number of piperazine rings is 1. The molecule has 0 amide bonds. The van der Waals surface area contributed by atoms with E-state index in [1.165, 1.54) is 5.69 Å². The zero-order valence-corrected chi connectivity index (χ0v) is 13.4. The number of nitriles is 1. The van der Waals surface area contributed by atoms with Gasteiger partial charge in [0.2, 0.25) is 0 Å². The Bertz CT molecular complexity index is 694. The second kappa shape index (κ2) is 6.77. The number of rotatable bonds is 4. The molecule has 3 rings (SSSR count). The van der Waals surface area contributed by atoms with Crippen molar-refractivity contribution >= 4 is 5.69 Å². The normalized spacial score (nSPS) is 15.6. The summed E-state index contributed by atoms with van der Waals surface area (Å²) in [6, 6.07) is 10.2. The van der Waals surface area contributed by atoms with Gasteiger partial charge in [-0.15, -0.1) is 5.10 Å². The van der Waals surface area contributed by atoms with Gasteiger partial charge in [-0.25, -0.2) is 4.68 Å². The van der Waals surface area contributed by atoms with Gasteiger partial charge in [-0.3, -0.25) is 0 Å². The molecular formula is C16H20N6O. The molecular weight excluding hydrogens is 292 g/mol. The fourth-order valence-electron chi connectivity index (χ4n) is 2.73. The third-order valence-electron chi connectivity index (χ3n) is 4.11. The Balaban J connectivity index is 1.83. The monoisotopic (exact) mass is 312 g/mol. The summed E-state index contributed by atoms with van der Waals surface area (Å²) in [5.41, 5.74) is 3.05. The molecule has 1 aliphatic heterocycles. The summed E-state index contributed by atoms with van der Waals surface area (Å²) in [5, 5.41) is 17.1. The lowest BCUT2D eigenvalue weighted by atomic mass is 10.2. The van der Waals surface area contributed by atoms with Crippen LogP contribution in [0.4, 0.5) is 5.69 Å². The maximum absolute atomic E-state index is 9.11. The van der Waals surface area contributed by atoms with Crippen molar-refractivity contribution in [2.45, 2.75) is 6.61 Å². The van der Waals surface area contributed by atoms with Gasteiger partial charge in [0.1, 0.15) is 11.8 Å². The molecule has 0 saturated carbocycles. The van der Waals surface area contributed by atoms with E-state index in [1.54, 1.807) is 11.8 Å². The third-order valence-corrected chi connectivity index (χ3v) is 4.11. The van der Waals surface area contributed by atoms with Crippen LogP contribution in [-0.4, -0.2) is 60.2 Å². The quantitative estimate of drug-likeness (QED) is 0.840. The molecule has 1 saturated heterocycles. The van der Waals surface area contributed by atoms with Crippen molar-refractivity contribution in [3.8, 4) is 11.8 Å². The molecule has 7 heteroatoms. The predicted molar refractivity (Wildman–Crippen MR) is 86.5 cm³/mol. The van der Waals surface area contributed by atoms with Crippen LogP contribution in [0.15, 0.2) is 24.3 Å². The molecule has 0 atom stereocenters. The van der Waals surface area contributed by atoms with Gasteiger partial charge in [-0.2, -0.15) is 5.26 Å². The van der Waals surface area contributed by atoms with Crippen LogP contribution < -0.4 is 4.90 Å². The van der Waals surface area contributed by atoms with E-state index in [0.717, 1.165) is 31.9 Å². The number of anilines is 1. The highest BCUT2D eigenvalue weighted by Gasteiger charge is 2.16. The number of methoxy groups -OCH3 is 1. The lowest BCUT2D eigenvalue weighted by Crippen LogP contribution is -2.44. The van der Waals surface area contributed by atoms with Gasteiger partial charge in [0.05, 0.1) is 12.3 Å². The first-order valence-corrected chi connectivity index (χ1v) is 7.60. The summed E-state index contributed by atoms with van der Waals surface area (Å²) in [6.07, 6.45) is 0. The van der Waals surface area contributed by atoms with Gasteiger partial charge in [0.25, 0.3) is 0 Å². The molecule has 1 fully saturated rings. The van der Waals surface area contributed by atoms with Crippen LogP contribution in [0.2, 0.25) is 0 Å². The van der Waals surface area contributed by atoms with Crippen LogP contribution >= 0.6 is 0 Å². The minimum Gasteiger partial charge on any atom is -0.378 e. The summed E-state index contributed by atoms with van der Waals surface area (Å²) >= 11 is 0. The van der Waals surface area contributed by atoms with Crippen LogP contribution in [-0.2, 0) is 11.3 Å². The zero-order valence-electron chi connectivity index (χ0n) is 13.4. The summed E-state index contributed by atoms with van der Waals surface area (Å²) in [5.74, 6) is 0. The van der Waals surface area contributed by atoms with Gasteiger partial charge >= 0.3 is 0 Å². The van der Waals surface area contributed by atoms with E-state index < -0.39 is 0 Å². The maximum Gasteiger partial charge on any atom is 0.188 e. The lowest BCUT2D eigenvalue weighted by Gasteiger charge is -2.34. The summed E-state index contributed by atoms with van der Waals surface area (Å²) in [6.45, 7) is 4.53. The first kappa shape index (κ1) is 15.5. The van der Waals surface area contributed by atoms with E-state index in [9.17, 15) is 0 Å². The van der Waals surface area contributed by atoms with Crippen molar-refractivity contribution in [2.24, 2.45) is 0 Å². The Kier molecular flexibility index (Phi) is 4.55. The standard InChI is InChI=1S/C16H20N6O/c1-20-7-9-21(10-8-20)13-3-5-14(6-4-13)22-16(12-23-2)15(11-17)18-19-22/h3-6H,7-10,12H2,1-2H3. The van der Waals surface area contributed by atoms with Crippen molar-refractivity contribution in [3.63, 3.8) is 0 Å². The number of likely N-dealkylation sites (N-methyl/N-ethyl adjacent to an activating group) is 1. The van der Waals surface area contributed by atoms with Crippen molar-refractivity contribution in [2.75, 3.05) is 45.2 Å². The molecule has 0 N–H and O–H groups in total. The summed E-state index contributed by atoms with van der Waals surface area (Å²) in [4.78, 5) is 4.71. The minimum absolute atomic E-state index is 0.301. The van der Waals surface area contributed by atoms with Gasteiger partial charge in [0.15, 0.2) is 5.69 Å². The van der Waals surface area contributed by atoms with Crippen LogP contribution in [0.1, 0.15) is 11.4 Å². The Labute approximate surface area is 135 Å². The predicted octanol–water partition coefficient (Wildman–Crippen LogP) is 1.04. The molecule has 0 spiro atoms. The van der Waals surface area contributed by atoms with Crippen LogP contribution in [0.3, 0.4) is 0 Å². The molecule has 1 aliphatic rings. The first-order valence-electron chi connectivity index (χ1n) is 7.60. The van der Waals surface area contributed by atoms with Gasteiger partial charge < -0.3 is 14.5 Å². The van der Waals surface area contributed by atoms with Crippen molar-refractivity contribution < 1.29 is 4.74 Å². The van der Waals surface area contributed by atoms with Gasteiger partial charge in [-0.05, 0) is 31.3 Å². The number of benzene rings is 1. The average molecular weight is 312 g/mol. The first-order chi connectivity index (χ1) is 11.2. The number of hydrogen-bond donors (Lipinski definition) is 0. The minimum atomic E-state index is 0.301. The van der Waals surface area contributed by atoms with E-state index in [2.05, 4.69) is 45.4 Å². The fourth-order valence-corrected chi connectivity index (χ4v) is 2.73. The van der Waals surface area contributed by atoms with Crippen molar-refractivity contribution in [1.29, 1.82) is 5.26 Å². The summed E-state index contributed by atoms with van der Waals surface area (Å²) < 4.78 is 6.82. The fraction of sp³-hybridized carbons (Fsp3) is 0.438. The number of nitrogens with zero attached hydrogens (tertiary/aromatic N) is 6. The Hall–Kier alpha value is -2.43. The molecule has 0 unspecified atom stereocenters.